The number of halogens is 1. The Kier molecular flexibility index (Phi) is 5.84. The van der Waals surface area contributed by atoms with Crippen LogP contribution in [0.15, 0.2) is 24.4 Å². The van der Waals surface area contributed by atoms with Crippen molar-refractivity contribution < 1.29 is 18.7 Å². The minimum atomic E-state index is -0.601. The first-order valence-electron chi connectivity index (χ1n) is 9.95. The average molecular weight is 414 g/mol. The zero-order chi connectivity index (χ0) is 21.1. The lowest BCUT2D eigenvalue weighted by Gasteiger charge is -2.27. The molecule has 1 aliphatic heterocycles. The van der Waals surface area contributed by atoms with Crippen LogP contribution >= 0.6 is 0 Å². The highest BCUT2D eigenvalue weighted by molar-refractivity contribution is 5.94. The predicted octanol–water partition coefficient (Wildman–Crippen LogP) is 1.50. The second-order valence-corrected chi connectivity index (χ2v) is 7.46. The van der Waals surface area contributed by atoms with Crippen LogP contribution in [-0.2, 0) is 14.3 Å². The van der Waals surface area contributed by atoms with Crippen LogP contribution in [0.3, 0.4) is 0 Å². The summed E-state index contributed by atoms with van der Waals surface area (Å²) in [5, 5.41) is 3.21. The van der Waals surface area contributed by atoms with Crippen molar-refractivity contribution in [2.75, 3.05) is 30.0 Å². The molecule has 3 N–H and O–H groups in total. The van der Waals surface area contributed by atoms with Crippen LogP contribution in [-0.4, -0.2) is 52.6 Å². The third kappa shape index (κ3) is 4.38. The molecule has 0 bridgehead atoms. The Balaban J connectivity index is 1.52. The molecule has 0 radical (unpaired) electrons. The van der Waals surface area contributed by atoms with Gasteiger partial charge in [-0.2, -0.15) is 0 Å². The fraction of sp³-hybridized carbons (Fsp3) is 0.450. The van der Waals surface area contributed by atoms with Gasteiger partial charge in [0.15, 0.2) is 5.82 Å². The molecule has 1 aliphatic carbocycles. The van der Waals surface area contributed by atoms with E-state index in [0.717, 1.165) is 19.0 Å². The van der Waals surface area contributed by atoms with Crippen LogP contribution in [0.4, 0.5) is 16.2 Å². The number of hydrogen-bond acceptors (Lipinski definition) is 7. The van der Waals surface area contributed by atoms with Crippen molar-refractivity contribution in [1.82, 2.24) is 15.0 Å². The molecule has 158 valence electrons. The topological polar surface area (TPSA) is 123 Å². The van der Waals surface area contributed by atoms with Gasteiger partial charge in [-0.25, -0.2) is 19.3 Å². The van der Waals surface area contributed by atoms with Crippen molar-refractivity contribution in [3.63, 3.8) is 0 Å². The van der Waals surface area contributed by atoms with Crippen LogP contribution in [0.1, 0.15) is 25.7 Å². The van der Waals surface area contributed by atoms with Gasteiger partial charge in [0.05, 0.1) is 25.0 Å². The molecule has 2 fully saturated rings. The fourth-order valence-electron chi connectivity index (χ4n) is 3.79. The fourth-order valence-corrected chi connectivity index (χ4v) is 3.79. The minimum Gasteiger partial charge on any atom is -0.370 e. The van der Waals surface area contributed by atoms with Gasteiger partial charge in [-0.15, -0.1) is 0 Å². The number of primary amides is 1. The number of nitrogens with two attached hydrogens (primary N) is 1. The molecule has 2 amide bonds. The maximum absolute atomic E-state index is 14.5. The lowest BCUT2D eigenvalue weighted by molar-refractivity contribution is -0.125. The second-order valence-electron chi connectivity index (χ2n) is 7.46. The molecular weight excluding hydrogens is 391 g/mol. The summed E-state index contributed by atoms with van der Waals surface area (Å²) in [6.07, 6.45) is 4.04. The van der Waals surface area contributed by atoms with E-state index in [4.69, 9.17) is 10.5 Å². The lowest BCUT2D eigenvalue weighted by Crippen LogP contribution is -2.42. The second kappa shape index (κ2) is 8.70. The highest BCUT2D eigenvalue weighted by Crippen LogP contribution is 2.27. The van der Waals surface area contributed by atoms with E-state index in [9.17, 15) is 14.0 Å². The summed E-state index contributed by atoms with van der Waals surface area (Å²) < 4.78 is 19.6. The molecule has 9 nitrogen and oxygen atoms in total. The number of aromatic nitrogens is 3. The van der Waals surface area contributed by atoms with E-state index in [0.29, 0.717) is 43.5 Å². The highest BCUT2D eigenvalue weighted by Gasteiger charge is 2.26. The van der Waals surface area contributed by atoms with E-state index < -0.39 is 5.82 Å². The number of rotatable bonds is 5. The Bertz CT molecular complexity index is 948. The predicted molar refractivity (Wildman–Crippen MR) is 107 cm³/mol. The van der Waals surface area contributed by atoms with Gasteiger partial charge < -0.3 is 15.8 Å². The molecule has 3 heterocycles. The molecule has 0 aromatic carbocycles. The molecule has 2 aromatic rings. The van der Waals surface area contributed by atoms with Crippen molar-refractivity contribution in [2.45, 2.75) is 31.7 Å². The maximum Gasteiger partial charge on any atom is 0.254 e. The van der Waals surface area contributed by atoms with E-state index in [1.165, 1.54) is 4.90 Å². The van der Waals surface area contributed by atoms with E-state index in [2.05, 4.69) is 20.3 Å². The number of nitrogens with zero attached hydrogens (tertiary/aromatic N) is 4. The van der Waals surface area contributed by atoms with Crippen molar-refractivity contribution in [3.05, 3.63) is 30.2 Å². The number of morpholine rings is 1. The Morgan fingerprint density at radius 1 is 1.23 bits per heavy atom. The van der Waals surface area contributed by atoms with Crippen LogP contribution in [0.5, 0.6) is 0 Å². The summed E-state index contributed by atoms with van der Waals surface area (Å²) in [6, 6.07) is 5.13. The van der Waals surface area contributed by atoms with Gasteiger partial charge in [0.2, 0.25) is 11.9 Å². The van der Waals surface area contributed by atoms with E-state index >= 15 is 0 Å². The number of anilines is 2. The molecule has 4 rings (SSSR count). The maximum atomic E-state index is 14.5. The zero-order valence-corrected chi connectivity index (χ0v) is 16.4. The monoisotopic (exact) mass is 414 g/mol. The number of nitrogens with one attached hydrogen (secondary N) is 1. The first-order chi connectivity index (χ1) is 14.5. The SMILES string of the molecule is NC(=O)C1CCC(Nc2ncc(F)c(-c3cccc(N4CCOCC4=O)n3)n2)CC1. The first kappa shape index (κ1) is 20.1. The molecule has 1 saturated heterocycles. The molecule has 10 heteroatoms. The third-order valence-corrected chi connectivity index (χ3v) is 5.45. The van der Waals surface area contributed by atoms with Gasteiger partial charge >= 0.3 is 0 Å². The smallest absolute Gasteiger partial charge is 0.254 e. The summed E-state index contributed by atoms with van der Waals surface area (Å²) in [4.78, 5) is 37.7. The Hall–Kier alpha value is -3.14. The molecule has 0 spiro atoms. The van der Waals surface area contributed by atoms with Gasteiger partial charge in [-0.05, 0) is 37.8 Å². The molecule has 1 saturated carbocycles. The summed E-state index contributed by atoms with van der Waals surface area (Å²) in [7, 11) is 0. The van der Waals surface area contributed by atoms with Crippen molar-refractivity contribution in [2.24, 2.45) is 11.7 Å². The average Bonchev–Trinajstić information content (AvgIpc) is 2.76. The Labute approximate surface area is 172 Å². The first-order valence-corrected chi connectivity index (χ1v) is 9.95. The minimum absolute atomic E-state index is 0.000156. The van der Waals surface area contributed by atoms with Crippen molar-refractivity contribution in [3.8, 4) is 11.4 Å². The standard InChI is InChI=1S/C20H23FN6O3/c21-14-10-23-20(24-13-6-4-12(5-7-13)19(22)29)26-18(14)15-2-1-3-16(25-15)27-8-9-30-11-17(27)28/h1-3,10,12-13H,4-9,11H2,(H2,22,29)(H,23,24,26). The van der Waals surface area contributed by atoms with Crippen LogP contribution in [0, 0.1) is 11.7 Å². The molecule has 0 atom stereocenters. The van der Waals surface area contributed by atoms with Gasteiger partial charge in [0, 0.05) is 12.0 Å². The van der Waals surface area contributed by atoms with Crippen LogP contribution in [0.2, 0.25) is 0 Å². The van der Waals surface area contributed by atoms with Gasteiger partial charge in [-0.3, -0.25) is 14.5 Å². The highest BCUT2D eigenvalue weighted by atomic mass is 19.1. The summed E-state index contributed by atoms with van der Waals surface area (Å²) in [6.45, 7) is 0.813. The molecule has 0 unspecified atom stereocenters. The quantitative estimate of drug-likeness (QED) is 0.760. The number of carbonyl (C=O) groups excluding carboxylic acids is 2. The van der Waals surface area contributed by atoms with E-state index in [-0.39, 0.29) is 36.1 Å². The van der Waals surface area contributed by atoms with Crippen LogP contribution < -0.4 is 16.0 Å². The zero-order valence-electron chi connectivity index (χ0n) is 16.4. The third-order valence-electron chi connectivity index (χ3n) is 5.45. The van der Waals surface area contributed by atoms with Crippen molar-refractivity contribution in [1.29, 1.82) is 0 Å². The van der Waals surface area contributed by atoms with Gasteiger partial charge in [0.25, 0.3) is 5.91 Å². The largest absolute Gasteiger partial charge is 0.370 e. The van der Waals surface area contributed by atoms with E-state index in [1.54, 1.807) is 18.2 Å². The molecule has 2 aliphatic rings. The Morgan fingerprint density at radius 2 is 2.03 bits per heavy atom. The molecule has 2 aromatic heterocycles. The van der Waals surface area contributed by atoms with Crippen LogP contribution in [0.25, 0.3) is 11.4 Å². The number of hydrogen-bond donors (Lipinski definition) is 2. The molecule has 30 heavy (non-hydrogen) atoms. The summed E-state index contributed by atoms with van der Waals surface area (Å²) >= 11 is 0. The number of ether oxygens (including phenoxy) is 1. The number of pyridine rings is 1. The Morgan fingerprint density at radius 3 is 2.77 bits per heavy atom. The molecular formula is C20H23FN6O3. The summed E-state index contributed by atoms with van der Waals surface area (Å²) in [5.41, 5.74) is 5.75. The summed E-state index contributed by atoms with van der Waals surface area (Å²) in [5.74, 6) is -0.429. The van der Waals surface area contributed by atoms with Gasteiger partial charge in [0.1, 0.15) is 18.1 Å². The lowest BCUT2D eigenvalue weighted by atomic mass is 9.86. The number of amides is 2. The van der Waals surface area contributed by atoms with Crippen molar-refractivity contribution >= 4 is 23.6 Å². The van der Waals surface area contributed by atoms with Gasteiger partial charge in [-0.1, -0.05) is 6.07 Å². The normalized spacial score (nSPS) is 22.0. The van der Waals surface area contributed by atoms with E-state index in [1.807, 2.05) is 0 Å². The number of carbonyl (C=O) groups is 2.